The van der Waals surface area contributed by atoms with E-state index in [9.17, 15) is 9.18 Å². The van der Waals surface area contributed by atoms with Crippen LogP contribution in [0.1, 0.15) is 27.3 Å². The van der Waals surface area contributed by atoms with E-state index in [-0.39, 0.29) is 18.1 Å². The molecule has 29 heavy (non-hydrogen) atoms. The van der Waals surface area contributed by atoms with Crippen LogP contribution in [0, 0.1) is 12.7 Å². The monoisotopic (exact) mass is 390 g/mol. The number of carbonyl (C=O) groups is 1. The summed E-state index contributed by atoms with van der Waals surface area (Å²) < 4.78 is 17.0. The van der Waals surface area contributed by atoms with Gasteiger partial charge in [-0.25, -0.2) is 9.07 Å². The quantitative estimate of drug-likeness (QED) is 0.548. The van der Waals surface area contributed by atoms with E-state index in [1.165, 1.54) is 6.07 Å². The Labute approximate surface area is 166 Å². The van der Waals surface area contributed by atoms with Gasteiger partial charge in [-0.05, 0) is 18.6 Å². The molecule has 0 atom stereocenters. The third kappa shape index (κ3) is 4.21. The van der Waals surface area contributed by atoms with Crippen molar-refractivity contribution in [2.45, 2.75) is 20.0 Å². The van der Waals surface area contributed by atoms with Crippen LogP contribution in [0.15, 0.2) is 66.9 Å². The van der Waals surface area contributed by atoms with Gasteiger partial charge in [0.15, 0.2) is 11.5 Å². The highest BCUT2D eigenvalue weighted by Crippen LogP contribution is 2.13. The van der Waals surface area contributed by atoms with Gasteiger partial charge in [0.2, 0.25) is 0 Å². The van der Waals surface area contributed by atoms with Crippen molar-refractivity contribution in [1.29, 1.82) is 0 Å². The summed E-state index contributed by atoms with van der Waals surface area (Å²) >= 11 is 0. The molecule has 0 aliphatic carbocycles. The molecule has 146 valence electrons. The summed E-state index contributed by atoms with van der Waals surface area (Å²) in [5.41, 5.74) is 2.49. The maximum Gasteiger partial charge on any atom is 0.279 e. The predicted octanol–water partition coefficient (Wildman–Crippen LogP) is 3.27. The minimum absolute atomic E-state index is 0.240. The van der Waals surface area contributed by atoms with E-state index in [2.05, 4.69) is 20.7 Å². The number of rotatable bonds is 6. The summed E-state index contributed by atoms with van der Waals surface area (Å²) in [4.78, 5) is 12.6. The van der Waals surface area contributed by atoms with Gasteiger partial charge in [0, 0.05) is 17.8 Å². The number of hydrogen-bond donors (Lipinski definition) is 1. The number of nitrogens with one attached hydrogen (secondary N) is 1. The first kappa shape index (κ1) is 18.5. The van der Waals surface area contributed by atoms with Gasteiger partial charge in [-0.3, -0.25) is 9.48 Å². The zero-order valence-corrected chi connectivity index (χ0v) is 15.8. The Bertz CT molecular complexity index is 1140. The largest absolute Gasteiger partial charge is 0.304 e. The van der Waals surface area contributed by atoms with Crippen molar-refractivity contribution in [2.75, 3.05) is 5.32 Å². The van der Waals surface area contributed by atoms with Gasteiger partial charge in [0.05, 0.1) is 18.8 Å². The molecule has 0 radical (unpaired) electrons. The highest BCUT2D eigenvalue weighted by atomic mass is 19.1. The van der Waals surface area contributed by atoms with Crippen LogP contribution in [0.3, 0.4) is 0 Å². The first-order valence-corrected chi connectivity index (χ1v) is 9.12. The fourth-order valence-electron chi connectivity index (χ4n) is 2.97. The molecule has 7 nitrogen and oxygen atoms in total. The first-order chi connectivity index (χ1) is 14.1. The lowest BCUT2D eigenvalue weighted by molar-refractivity contribution is 0.102. The smallest absolute Gasteiger partial charge is 0.279 e. The van der Waals surface area contributed by atoms with Crippen molar-refractivity contribution in [2.24, 2.45) is 0 Å². The van der Waals surface area contributed by atoms with Crippen LogP contribution >= 0.6 is 0 Å². The molecular formula is C21H19FN6O. The molecule has 8 heteroatoms. The summed E-state index contributed by atoms with van der Waals surface area (Å²) in [5.74, 6) is -0.319. The second kappa shape index (κ2) is 8.05. The molecule has 1 N–H and O–H groups in total. The molecule has 0 aliphatic heterocycles. The first-order valence-electron chi connectivity index (χ1n) is 9.12. The molecule has 4 rings (SSSR count). The van der Waals surface area contributed by atoms with E-state index in [1.807, 2.05) is 30.3 Å². The van der Waals surface area contributed by atoms with Crippen molar-refractivity contribution in [3.63, 3.8) is 0 Å². The molecule has 1 amide bonds. The number of nitrogens with zero attached hydrogens (tertiary/aromatic N) is 5. The number of hydrogen-bond acceptors (Lipinski definition) is 4. The average Bonchev–Trinajstić information content (AvgIpc) is 3.31. The molecule has 0 saturated carbocycles. The second-order valence-corrected chi connectivity index (χ2v) is 6.61. The van der Waals surface area contributed by atoms with Crippen molar-refractivity contribution in [1.82, 2.24) is 24.8 Å². The standard InChI is InChI=1S/C21H19FN6O/c1-15-20(24-26-28(15)13-16-7-3-2-4-8-16)21(29)23-19-11-12-27(25-19)14-17-9-5-6-10-18(17)22/h2-12H,13-14H2,1H3,(H,23,25,29). The van der Waals surface area contributed by atoms with Crippen molar-refractivity contribution in [3.8, 4) is 0 Å². The van der Waals surface area contributed by atoms with Crippen molar-refractivity contribution in [3.05, 3.63) is 95.2 Å². The highest BCUT2D eigenvalue weighted by molar-refractivity contribution is 6.02. The SMILES string of the molecule is Cc1c(C(=O)Nc2ccn(Cc3ccccc3F)n2)nnn1Cc1ccccc1. The Morgan fingerprint density at radius 3 is 2.59 bits per heavy atom. The Kier molecular flexibility index (Phi) is 5.15. The van der Waals surface area contributed by atoms with Gasteiger partial charge >= 0.3 is 0 Å². The lowest BCUT2D eigenvalue weighted by Crippen LogP contribution is -2.15. The lowest BCUT2D eigenvalue weighted by Gasteiger charge is -2.04. The van der Waals surface area contributed by atoms with Gasteiger partial charge in [0.25, 0.3) is 5.91 Å². The fraction of sp³-hybridized carbons (Fsp3) is 0.143. The number of carbonyl (C=O) groups excluding carboxylic acids is 1. The van der Waals surface area contributed by atoms with Gasteiger partial charge in [-0.15, -0.1) is 5.10 Å². The number of aromatic nitrogens is 5. The van der Waals surface area contributed by atoms with Crippen LogP contribution in [0.5, 0.6) is 0 Å². The van der Waals surface area contributed by atoms with Gasteiger partial charge < -0.3 is 5.32 Å². The normalized spacial score (nSPS) is 10.8. The molecule has 0 saturated heterocycles. The third-order valence-corrected chi connectivity index (χ3v) is 4.55. The van der Waals surface area contributed by atoms with Gasteiger partial charge in [-0.1, -0.05) is 53.7 Å². The Morgan fingerprint density at radius 1 is 1.03 bits per heavy atom. The topological polar surface area (TPSA) is 77.6 Å². The minimum atomic E-state index is -0.391. The van der Waals surface area contributed by atoms with Crippen molar-refractivity contribution < 1.29 is 9.18 Å². The Morgan fingerprint density at radius 2 is 1.79 bits per heavy atom. The molecule has 0 spiro atoms. The van der Waals surface area contributed by atoms with E-state index in [0.717, 1.165) is 5.56 Å². The van der Waals surface area contributed by atoms with Crippen LogP contribution in [0.4, 0.5) is 10.2 Å². The molecule has 0 bridgehead atoms. The number of anilines is 1. The average molecular weight is 390 g/mol. The van der Waals surface area contributed by atoms with E-state index in [4.69, 9.17) is 0 Å². The molecule has 0 aliphatic rings. The second-order valence-electron chi connectivity index (χ2n) is 6.61. The predicted molar refractivity (Wildman–Crippen MR) is 106 cm³/mol. The summed E-state index contributed by atoms with van der Waals surface area (Å²) in [6.45, 7) is 2.60. The minimum Gasteiger partial charge on any atom is -0.304 e. The maximum absolute atomic E-state index is 13.8. The fourth-order valence-corrected chi connectivity index (χ4v) is 2.97. The van der Waals surface area contributed by atoms with Gasteiger partial charge in [0.1, 0.15) is 5.82 Å². The lowest BCUT2D eigenvalue weighted by atomic mass is 10.2. The molecule has 2 aromatic carbocycles. The summed E-state index contributed by atoms with van der Waals surface area (Å²) in [5, 5.41) is 15.1. The molecule has 0 fully saturated rings. The molecule has 0 unspecified atom stereocenters. The van der Waals surface area contributed by atoms with E-state index in [1.54, 1.807) is 46.7 Å². The molecular weight excluding hydrogens is 371 g/mol. The van der Waals surface area contributed by atoms with Gasteiger partial charge in [-0.2, -0.15) is 5.10 Å². The molecule has 2 heterocycles. The molecule has 2 aromatic heterocycles. The third-order valence-electron chi connectivity index (χ3n) is 4.55. The van der Waals surface area contributed by atoms with Crippen LogP contribution < -0.4 is 5.32 Å². The summed E-state index contributed by atoms with van der Waals surface area (Å²) in [6, 6.07) is 18.0. The highest BCUT2D eigenvalue weighted by Gasteiger charge is 2.17. The van der Waals surface area contributed by atoms with E-state index in [0.29, 0.717) is 23.6 Å². The zero-order chi connectivity index (χ0) is 20.2. The number of halogens is 1. The maximum atomic E-state index is 13.8. The Hall–Kier alpha value is -3.81. The molecule has 4 aromatic rings. The van der Waals surface area contributed by atoms with Crippen LogP contribution in [0.25, 0.3) is 0 Å². The number of benzene rings is 2. The van der Waals surface area contributed by atoms with E-state index >= 15 is 0 Å². The van der Waals surface area contributed by atoms with E-state index < -0.39 is 5.91 Å². The van der Waals surface area contributed by atoms with Crippen LogP contribution in [-0.4, -0.2) is 30.7 Å². The summed E-state index contributed by atoms with van der Waals surface area (Å²) in [6.07, 6.45) is 1.68. The Balaban J connectivity index is 1.44. The summed E-state index contributed by atoms with van der Waals surface area (Å²) in [7, 11) is 0. The number of amides is 1. The van der Waals surface area contributed by atoms with Crippen molar-refractivity contribution >= 4 is 11.7 Å². The van der Waals surface area contributed by atoms with Crippen LogP contribution in [-0.2, 0) is 13.1 Å². The zero-order valence-electron chi connectivity index (χ0n) is 15.8. The van der Waals surface area contributed by atoms with Crippen LogP contribution in [0.2, 0.25) is 0 Å².